The molecule has 1 aromatic heterocycles. The monoisotopic (exact) mass is 405 g/mol. The summed E-state index contributed by atoms with van der Waals surface area (Å²) in [4.78, 5) is 25.5. The van der Waals surface area contributed by atoms with Gasteiger partial charge in [-0.1, -0.05) is 42.0 Å². The maximum Gasteiger partial charge on any atom is 0.276 e. The molecule has 1 aliphatic carbocycles. The minimum atomic E-state index is -0.310. The highest BCUT2D eigenvalue weighted by molar-refractivity contribution is 7.13. The van der Waals surface area contributed by atoms with Crippen LogP contribution in [0.3, 0.4) is 0 Å². The van der Waals surface area contributed by atoms with Gasteiger partial charge in [-0.2, -0.15) is 4.37 Å². The maximum atomic E-state index is 12.8. The number of amides is 2. The molecule has 0 aliphatic heterocycles. The first-order chi connectivity index (χ1) is 14.2. The highest BCUT2D eigenvalue weighted by Crippen LogP contribution is 2.24. The van der Waals surface area contributed by atoms with Gasteiger partial charge in [-0.05, 0) is 61.8 Å². The molecule has 0 spiro atoms. The fraction of sp³-hybridized carbons (Fsp3) is 0.261. The first kappa shape index (κ1) is 19.3. The topological polar surface area (TPSA) is 71.1 Å². The largest absolute Gasteiger partial charge is 0.352 e. The van der Waals surface area contributed by atoms with Crippen LogP contribution in [0.15, 0.2) is 60.2 Å². The molecule has 0 unspecified atom stereocenters. The Hall–Kier alpha value is -2.99. The summed E-state index contributed by atoms with van der Waals surface area (Å²) < 4.78 is 5.25. The Morgan fingerprint density at radius 1 is 1.00 bits per heavy atom. The summed E-state index contributed by atoms with van der Waals surface area (Å²) in [6.07, 6.45) is 7.94. The second-order valence-corrected chi connectivity index (χ2v) is 7.95. The summed E-state index contributed by atoms with van der Waals surface area (Å²) in [5, 5.41) is 6.66. The smallest absolute Gasteiger partial charge is 0.276 e. The van der Waals surface area contributed by atoms with Crippen molar-refractivity contribution in [2.24, 2.45) is 0 Å². The molecule has 2 aromatic carbocycles. The minimum absolute atomic E-state index is 0.180. The number of aromatic nitrogens is 1. The van der Waals surface area contributed by atoms with Crippen LogP contribution in [-0.2, 0) is 0 Å². The third-order valence-electron chi connectivity index (χ3n) is 5.13. The Bertz CT molecular complexity index is 1070. The van der Waals surface area contributed by atoms with E-state index in [-0.39, 0.29) is 11.8 Å². The Labute approximate surface area is 174 Å². The van der Waals surface area contributed by atoms with Crippen LogP contribution in [0.5, 0.6) is 0 Å². The summed E-state index contributed by atoms with van der Waals surface area (Å²) in [7, 11) is 0. The summed E-state index contributed by atoms with van der Waals surface area (Å²) in [5.74, 6) is -0.490. The van der Waals surface area contributed by atoms with E-state index in [2.05, 4.69) is 21.1 Å². The van der Waals surface area contributed by atoms with Gasteiger partial charge in [0.2, 0.25) is 0 Å². The van der Waals surface area contributed by atoms with E-state index in [1.165, 1.54) is 29.9 Å². The van der Waals surface area contributed by atoms with Gasteiger partial charge in [0.25, 0.3) is 11.8 Å². The lowest BCUT2D eigenvalue weighted by atomic mass is 9.97. The zero-order chi connectivity index (χ0) is 20.1. The zero-order valence-corrected chi connectivity index (χ0v) is 16.9. The molecule has 4 rings (SSSR count). The van der Waals surface area contributed by atoms with Gasteiger partial charge < -0.3 is 10.6 Å². The van der Waals surface area contributed by atoms with E-state index in [0.29, 0.717) is 23.5 Å². The summed E-state index contributed by atoms with van der Waals surface area (Å²) >= 11 is 1.29. The third kappa shape index (κ3) is 4.54. The second-order valence-electron chi connectivity index (χ2n) is 7.14. The number of nitrogens with one attached hydrogen (secondary N) is 2. The first-order valence-electron chi connectivity index (χ1n) is 9.93. The summed E-state index contributed by atoms with van der Waals surface area (Å²) in [6, 6.07) is 14.7. The Morgan fingerprint density at radius 3 is 2.69 bits per heavy atom. The van der Waals surface area contributed by atoms with Crippen LogP contribution in [-0.4, -0.2) is 22.7 Å². The zero-order valence-electron chi connectivity index (χ0n) is 16.1. The molecule has 0 saturated carbocycles. The molecule has 0 radical (unpaired) electrons. The van der Waals surface area contributed by atoms with Gasteiger partial charge in [0.05, 0.1) is 16.0 Å². The van der Waals surface area contributed by atoms with Crippen LogP contribution in [0, 0.1) is 0 Å². The first-order valence-corrected chi connectivity index (χ1v) is 10.7. The number of anilines is 1. The highest BCUT2D eigenvalue weighted by atomic mass is 32.1. The standard InChI is InChI=1S/C23H23N3O2S/c27-22(24-15-14-16-8-2-1-3-9-16)17-10-4-6-12-19(17)25-23(28)21-18-11-5-7-13-20(18)29-26-21/h4-8,10-13H,1-3,9,14-15H2,(H,24,27)(H,25,28). The molecule has 29 heavy (non-hydrogen) atoms. The van der Waals surface area contributed by atoms with E-state index in [9.17, 15) is 9.59 Å². The molecule has 0 fully saturated rings. The maximum absolute atomic E-state index is 12.8. The lowest BCUT2D eigenvalue weighted by Gasteiger charge is -2.14. The number of benzene rings is 2. The molecule has 1 aliphatic rings. The number of carbonyl (C=O) groups excluding carboxylic acids is 2. The predicted molar refractivity (Wildman–Crippen MR) is 118 cm³/mol. The fourth-order valence-electron chi connectivity index (χ4n) is 3.58. The van der Waals surface area contributed by atoms with E-state index in [1.807, 2.05) is 24.3 Å². The average Bonchev–Trinajstić information content (AvgIpc) is 3.19. The number of para-hydroxylation sites is 1. The van der Waals surface area contributed by atoms with Crippen LogP contribution < -0.4 is 10.6 Å². The van der Waals surface area contributed by atoms with E-state index in [4.69, 9.17) is 0 Å². The number of rotatable bonds is 6. The summed E-state index contributed by atoms with van der Waals surface area (Å²) in [5.41, 5.74) is 2.75. The van der Waals surface area contributed by atoms with Gasteiger partial charge >= 0.3 is 0 Å². The second kappa shape index (κ2) is 9.01. The van der Waals surface area contributed by atoms with Gasteiger partial charge in [0.15, 0.2) is 0 Å². The number of carbonyl (C=O) groups is 2. The SMILES string of the molecule is O=C(NCCC1=CCCCC1)c1ccccc1NC(=O)c1nsc2ccccc12. The van der Waals surface area contributed by atoms with Crippen LogP contribution in [0.2, 0.25) is 0 Å². The quantitative estimate of drug-likeness (QED) is 0.556. The highest BCUT2D eigenvalue weighted by Gasteiger charge is 2.17. The molecular formula is C23H23N3O2S. The molecule has 3 aromatic rings. The van der Waals surface area contributed by atoms with Crippen molar-refractivity contribution >= 4 is 39.1 Å². The van der Waals surface area contributed by atoms with Crippen molar-refractivity contribution < 1.29 is 9.59 Å². The Kier molecular flexibility index (Phi) is 6.00. The van der Waals surface area contributed by atoms with Crippen LogP contribution in [0.1, 0.15) is 53.0 Å². The van der Waals surface area contributed by atoms with Gasteiger partial charge in [-0.3, -0.25) is 9.59 Å². The Balaban J connectivity index is 1.44. The molecule has 0 bridgehead atoms. The van der Waals surface area contributed by atoms with Gasteiger partial charge in [0.1, 0.15) is 5.69 Å². The van der Waals surface area contributed by atoms with Gasteiger partial charge in [-0.15, -0.1) is 0 Å². The van der Waals surface area contributed by atoms with E-state index in [1.54, 1.807) is 24.3 Å². The van der Waals surface area contributed by atoms with Crippen molar-refractivity contribution in [3.63, 3.8) is 0 Å². The normalized spacial score (nSPS) is 13.7. The van der Waals surface area contributed by atoms with Crippen LogP contribution in [0.25, 0.3) is 10.1 Å². The van der Waals surface area contributed by atoms with Crippen molar-refractivity contribution in [3.05, 3.63) is 71.4 Å². The Morgan fingerprint density at radius 2 is 1.83 bits per heavy atom. The number of allylic oxidation sites excluding steroid dienone is 1. The van der Waals surface area contributed by atoms with E-state index >= 15 is 0 Å². The van der Waals surface area contributed by atoms with Crippen molar-refractivity contribution in [2.45, 2.75) is 32.1 Å². The molecule has 148 valence electrons. The van der Waals surface area contributed by atoms with Crippen molar-refractivity contribution in [1.29, 1.82) is 0 Å². The van der Waals surface area contributed by atoms with E-state index in [0.717, 1.165) is 29.3 Å². The lowest BCUT2D eigenvalue weighted by molar-refractivity contribution is 0.0955. The van der Waals surface area contributed by atoms with Crippen molar-refractivity contribution in [1.82, 2.24) is 9.69 Å². The number of hydrogen-bond donors (Lipinski definition) is 2. The van der Waals surface area contributed by atoms with Crippen molar-refractivity contribution in [2.75, 3.05) is 11.9 Å². The van der Waals surface area contributed by atoms with Crippen molar-refractivity contribution in [3.8, 4) is 0 Å². The number of fused-ring (bicyclic) bond motifs is 1. The third-order valence-corrected chi connectivity index (χ3v) is 5.96. The van der Waals surface area contributed by atoms with Gasteiger partial charge in [-0.25, -0.2) is 0 Å². The number of nitrogens with zero attached hydrogens (tertiary/aromatic N) is 1. The molecule has 2 amide bonds. The van der Waals surface area contributed by atoms with Gasteiger partial charge in [0, 0.05) is 11.9 Å². The minimum Gasteiger partial charge on any atom is -0.352 e. The van der Waals surface area contributed by atoms with Crippen LogP contribution in [0.4, 0.5) is 5.69 Å². The molecule has 0 saturated heterocycles. The molecule has 1 heterocycles. The predicted octanol–water partition coefficient (Wildman–Crippen LogP) is 5.17. The molecule has 2 N–H and O–H groups in total. The fourth-order valence-corrected chi connectivity index (χ4v) is 4.36. The summed E-state index contributed by atoms with van der Waals surface area (Å²) in [6.45, 7) is 0.601. The van der Waals surface area contributed by atoms with Crippen LogP contribution >= 0.6 is 11.5 Å². The molecule has 6 heteroatoms. The number of hydrogen-bond acceptors (Lipinski definition) is 4. The molecule has 0 atom stereocenters. The lowest BCUT2D eigenvalue weighted by Crippen LogP contribution is -2.26. The molecular weight excluding hydrogens is 382 g/mol. The van der Waals surface area contributed by atoms with E-state index < -0.39 is 0 Å². The average molecular weight is 406 g/mol. The molecule has 5 nitrogen and oxygen atoms in total.